The van der Waals surface area contributed by atoms with E-state index >= 15 is 0 Å². The summed E-state index contributed by atoms with van der Waals surface area (Å²) in [6, 6.07) is 4.76. The second-order valence-corrected chi connectivity index (χ2v) is 7.93. The maximum Gasteiger partial charge on any atom is 0.243 e. The summed E-state index contributed by atoms with van der Waals surface area (Å²) in [6.07, 6.45) is 0. The summed E-state index contributed by atoms with van der Waals surface area (Å²) in [5.41, 5.74) is 5.66. The molecule has 0 aromatic heterocycles. The van der Waals surface area contributed by atoms with Crippen LogP contribution in [-0.2, 0) is 10.0 Å². The quantitative estimate of drug-likeness (QED) is 0.771. The normalized spacial score (nSPS) is 12.7. The Bertz CT molecular complexity index is 634. The van der Waals surface area contributed by atoms with Gasteiger partial charge in [0.15, 0.2) is 0 Å². The Morgan fingerprint density at radius 2 is 2.00 bits per heavy atom. The van der Waals surface area contributed by atoms with Gasteiger partial charge in [0, 0.05) is 18.7 Å². The SMILES string of the molecule is CCN(CC(C)(C)O)S(=O)(=O)c1ccc(C(N)=S)cc1C. The third kappa shape index (κ3) is 4.47. The molecule has 0 bridgehead atoms. The first-order chi connectivity index (χ1) is 9.49. The summed E-state index contributed by atoms with van der Waals surface area (Å²) in [5, 5.41) is 9.88. The average molecular weight is 330 g/mol. The lowest BCUT2D eigenvalue weighted by Gasteiger charge is -2.28. The molecule has 0 atom stereocenters. The highest BCUT2D eigenvalue weighted by Gasteiger charge is 2.29. The minimum atomic E-state index is -3.67. The molecule has 3 N–H and O–H groups in total. The van der Waals surface area contributed by atoms with Crippen molar-refractivity contribution in [2.45, 2.75) is 38.2 Å². The Morgan fingerprint density at radius 1 is 1.43 bits per heavy atom. The monoisotopic (exact) mass is 330 g/mol. The number of hydrogen-bond donors (Lipinski definition) is 2. The number of likely N-dealkylation sites (N-methyl/N-ethyl adjacent to an activating group) is 1. The lowest BCUT2D eigenvalue weighted by Crippen LogP contribution is -2.42. The van der Waals surface area contributed by atoms with Crippen molar-refractivity contribution in [3.8, 4) is 0 Å². The number of thiocarbonyl (C=S) groups is 1. The number of sulfonamides is 1. The van der Waals surface area contributed by atoms with E-state index < -0.39 is 15.6 Å². The van der Waals surface area contributed by atoms with E-state index in [1.807, 2.05) is 0 Å². The van der Waals surface area contributed by atoms with Crippen molar-refractivity contribution in [3.05, 3.63) is 29.3 Å². The van der Waals surface area contributed by atoms with Crippen LogP contribution in [-0.4, -0.2) is 41.5 Å². The van der Waals surface area contributed by atoms with E-state index in [0.717, 1.165) is 0 Å². The van der Waals surface area contributed by atoms with Gasteiger partial charge >= 0.3 is 0 Å². The van der Waals surface area contributed by atoms with Gasteiger partial charge in [-0.2, -0.15) is 4.31 Å². The molecule has 0 unspecified atom stereocenters. The summed E-state index contributed by atoms with van der Waals surface area (Å²) in [7, 11) is -3.67. The lowest BCUT2D eigenvalue weighted by molar-refractivity contribution is 0.0601. The fourth-order valence-corrected chi connectivity index (χ4v) is 3.97. The maximum absolute atomic E-state index is 12.7. The Hall–Kier alpha value is -1.02. The van der Waals surface area contributed by atoms with Gasteiger partial charge in [0.05, 0.1) is 10.5 Å². The molecule has 0 spiro atoms. The maximum atomic E-state index is 12.7. The van der Waals surface area contributed by atoms with Crippen molar-refractivity contribution in [1.82, 2.24) is 4.31 Å². The number of aliphatic hydroxyl groups is 1. The van der Waals surface area contributed by atoms with Crippen LogP contribution in [0.2, 0.25) is 0 Å². The molecule has 0 saturated heterocycles. The molecule has 1 rings (SSSR count). The molecule has 0 fully saturated rings. The Labute approximate surface area is 131 Å². The Morgan fingerprint density at radius 3 is 2.38 bits per heavy atom. The lowest BCUT2D eigenvalue weighted by atomic mass is 10.1. The largest absolute Gasteiger partial charge is 0.389 e. The van der Waals surface area contributed by atoms with Crippen LogP contribution in [0.3, 0.4) is 0 Å². The molecular weight excluding hydrogens is 308 g/mol. The number of rotatable bonds is 6. The van der Waals surface area contributed by atoms with Crippen molar-refractivity contribution < 1.29 is 13.5 Å². The predicted molar refractivity (Wildman–Crippen MR) is 87.8 cm³/mol. The zero-order chi connectivity index (χ0) is 16.4. The minimum Gasteiger partial charge on any atom is -0.389 e. The highest BCUT2D eigenvalue weighted by molar-refractivity contribution is 7.89. The molecule has 5 nitrogen and oxygen atoms in total. The van der Waals surface area contributed by atoms with E-state index in [1.165, 1.54) is 10.4 Å². The molecule has 0 amide bonds. The van der Waals surface area contributed by atoms with Crippen molar-refractivity contribution in [2.75, 3.05) is 13.1 Å². The van der Waals surface area contributed by atoms with Crippen LogP contribution in [0.1, 0.15) is 31.9 Å². The standard InChI is InChI=1S/C14H22N2O3S2/c1-5-16(9-14(3,4)17)21(18,19)12-7-6-11(13(15)20)8-10(12)2/h6-8,17H,5,9H2,1-4H3,(H2,15,20). The first-order valence-corrected chi connectivity index (χ1v) is 8.47. The molecule has 0 saturated carbocycles. The van der Waals surface area contributed by atoms with Crippen LogP contribution in [0.15, 0.2) is 23.1 Å². The van der Waals surface area contributed by atoms with Crippen molar-refractivity contribution in [1.29, 1.82) is 0 Å². The smallest absolute Gasteiger partial charge is 0.243 e. The summed E-state index contributed by atoms with van der Waals surface area (Å²) in [5.74, 6) is 0. The Kier molecular flexibility index (Phi) is 5.49. The molecular formula is C14H22N2O3S2. The van der Waals surface area contributed by atoms with E-state index in [-0.39, 0.29) is 23.0 Å². The van der Waals surface area contributed by atoms with Gasteiger partial charge < -0.3 is 10.8 Å². The van der Waals surface area contributed by atoms with E-state index in [1.54, 1.807) is 39.8 Å². The second-order valence-electron chi connectivity index (χ2n) is 5.59. The molecule has 0 aliphatic heterocycles. The van der Waals surface area contributed by atoms with Gasteiger partial charge in [0.25, 0.3) is 0 Å². The molecule has 7 heteroatoms. The third-order valence-corrected chi connectivity index (χ3v) is 5.31. The fraction of sp³-hybridized carbons (Fsp3) is 0.500. The van der Waals surface area contributed by atoms with Gasteiger partial charge in [-0.1, -0.05) is 25.2 Å². The van der Waals surface area contributed by atoms with Crippen LogP contribution in [0.25, 0.3) is 0 Å². The van der Waals surface area contributed by atoms with Crippen molar-refractivity contribution in [3.63, 3.8) is 0 Å². The predicted octanol–water partition coefficient (Wildman–Crippen LogP) is 1.41. The summed E-state index contributed by atoms with van der Waals surface area (Å²) < 4.78 is 26.6. The van der Waals surface area contributed by atoms with Crippen molar-refractivity contribution in [2.24, 2.45) is 5.73 Å². The first-order valence-electron chi connectivity index (χ1n) is 6.62. The van der Waals surface area contributed by atoms with Crippen LogP contribution < -0.4 is 5.73 Å². The number of nitrogens with zero attached hydrogens (tertiary/aromatic N) is 1. The van der Waals surface area contributed by atoms with Crippen LogP contribution >= 0.6 is 12.2 Å². The van der Waals surface area contributed by atoms with E-state index in [9.17, 15) is 13.5 Å². The van der Waals surface area contributed by atoms with Gasteiger partial charge in [0.1, 0.15) is 4.99 Å². The molecule has 0 aliphatic rings. The Balaban J connectivity index is 3.26. The average Bonchev–Trinajstić information content (AvgIpc) is 2.34. The molecule has 21 heavy (non-hydrogen) atoms. The molecule has 0 aliphatic carbocycles. The number of aryl methyl sites for hydroxylation is 1. The number of benzene rings is 1. The summed E-state index contributed by atoms with van der Waals surface area (Å²) in [4.78, 5) is 0.430. The highest BCUT2D eigenvalue weighted by atomic mass is 32.2. The number of nitrogens with two attached hydrogens (primary N) is 1. The zero-order valence-corrected chi connectivity index (χ0v) is 14.4. The summed E-state index contributed by atoms with van der Waals surface area (Å²) >= 11 is 4.89. The van der Waals surface area contributed by atoms with Gasteiger partial charge in [-0.05, 0) is 38.5 Å². The van der Waals surface area contributed by atoms with Gasteiger partial charge in [0.2, 0.25) is 10.0 Å². The molecule has 1 aromatic carbocycles. The van der Waals surface area contributed by atoms with Gasteiger partial charge in [-0.15, -0.1) is 0 Å². The number of hydrogen-bond acceptors (Lipinski definition) is 4. The van der Waals surface area contributed by atoms with Gasteiger partial charge in [-0.3, -0.25) is 0 Å². The van der Waals surface area contributed by atoms with Crippen LogP contribution in [0, 0.1) is 6.92 Å². The van der Waals surface area contributed by atoms with Crippen LogP contribution in [0.5, 0.6) is 0 Å². The first kappa shape index (κ1) is 18.0. The highest BCUT2D eigenvalue weighted by Crippen LogP contribution is 2.22. The molecule has 0 heterocycles. The van der Waals surface area contributed by atoms with E-state index in [0.29, 0.717) is 11.1 Å². The molecule has 1 aromatic rings. The van der Waals surface area contributed by atoms with Crippen molar-refractivity contribution >= 4 is 27.2 Å². The van der Waals surface area contributed by atoms with Crippen LogP contribution in [0.4, 0.5) is 0 Å². The molecule has 0 radical (unpaired) electrons. The van der Waals surface area contributed by atoms with E-state index in [2.05, 4.69) is 0 Å². The minimum absolute atomic E-state index is 0.0301. The third-order valence-electron chi connectivity index (χ3n) is 2.99. The fourth-order valence-electron chi connectivity index (χ4n) is 2.03. The summed E-state index contributed by atoms with van der Waals surface area (Å²) in [6.45, 7) is 6.90. The molecule has 118 valence electrons. The van der Waals surface area contributed by atoms with E-state index in [4.69, 9.17) is 18.0 Å². The van der Waals surface area contributed by atoms with Gasteiger partial charge in [-0.25, -0.2) is 8.42 Å². The second kappa shape index (κ2) is 6.39. The topological polar surface area (TPSA) is 83.6 Å². The zero-order valence-electron chi connectivity index (χ0n) is 12.8.